The second kappa shape index (κ2) is 6.41. The average molecular weight is 275 g/mol. The van der Waals surface area contributed by atoms with Gasteiger partial charge in [0.2, 0.25) is 5.91 Å². The molecule has 3 N–H and O–H groups in total. The van der Waals surface area contributed by atoms with Gasteiger partial charge in [-0.05, 0) is 30.0 Å². The fourth-order valence-electron chi connectivity index (χ4n) is 2.08. The molecule has 1 aliphatic heterocycles. The molecule has 1 heterocycles. The van der Waals surface area contributed by atoms with E-state index in [1.807, 2.05) is 26.0 Å². The Morgan fingerprint density at radius 2 is 2.10 bits per heavy atom. The Balaban J connectivity index is 1.84. The summed E-state index contributed by atoms with van der Waals surface area (Å²) in [7, 11) is 0. The van der Waals surface area contributed by atoms with Crippen molar-refractivity contribution >= 4 is 17.5 Å². The Kier molecular flexibility index (Phi) is 4.61. The summed E-state index contributed by atoms with van der Waals surface area (Å²) in [6.07, 6.45) is 0.995. The number of rotatable bonds is 5. The predicted molar refractivity (Wildman–Crippen MR) is 78.8 cm³/mol. The monoisotopic (exact) mass is 275 g/mol. The lowest BCUT2D eigenvalue weighted by Gasteiger charge is -2.09. The first-order valence-corrected chi connectivity index (χ1v) is 6.98. The molecule has 0 aliphatic carbocycles. The zero-order valence-electron chi connectivity index (χ0n) is 12.0. The van der Waals surface area contributed by atoms with Crippen molar-refractivity contribution in [2.45, 2.75) is 20.3 Å². The third-order valence-electron chi connectivity index (χ3n) is 3.20. The van der Waals surface area contributed by atoms with Crippen LogP contribution in [0.5, 0.6) is 0 Å². The number of nitrogens with one attached hydrogen (secondary N) is 3. The molecule has 1 aliphatic rings. The van der Waals surface area contributed by atoms with E-state index in [2.05, 4.69) is 16.0 Å². The normalized spacial score (nSPS) is 12.8. The van der Waals surface area contributed by atoms with Crippen LogP contribution in [0.15, 0.2) is 18.2 Å². The van der Waals surface area contributed by atoms with E-state index in [4.69, 9.17) is 0 Å². The molecule has 0 atom stereocenters. The largest absolute Gasteiger partial charge is 0.384 e. The highest BCUT2D eigenvalue weighted by Gasteiger charge is 2.14. The topological polar surface area (TPSA) is 70.2 Å². The Morgan fingerprint density at radius 1 is 1.30 bits per heavy atom. The fourth-order valence-corrected chi connectivity index (χ4v) is 2.08. The van der Waals surface area contributed by atoms with Crippen molar-refractivity contribution in [3.8, 4) is 0 Å². The summed E-state index contributed by atoms with van der Waals surface area (Å²) in [4.78, 5) is 23.5. The van der Waals surface area contributed by atoms with Crippen LogP contribution >= 0.6 is 0 Å². The molecule has 108 valence electrons. The minimum absolute atomic E-state index is 0.00999. The third-order valence-corrected chi connectivity index (χ3v) is 3.20. The lowest BCUT2D eigenvalue weighted by atomic mass is 10.1. The maximum atomic E-state index is 12.0. The third kappa shape index (κ3) is 3.73. The molecule has 0 spiro atoms. The van der Waals surface area contributed by atoms with E-state index >= 15 is 0 Å². The Bertz CT molecular complexity index is 512. The first-order valence-electron chi connectivity index (χ1n) is 6.98. The number of hydrogen-bond acceptors (Lipinski definition) is 3. The first-order chi connectivity index (χ1) is 9.56. The van der Waals surface area contributed by atoms with Crippen LogP contribution in [-0.4, -0.2) is 31.4 Å². The summed E-state index contributed by atoms with van der Waals surface area (Å²) in [5, 5.41) is 8.63. The molecule has 5 heteroatoms. The summed E-state index contributed by atoms with van der Waals surface area (Å²) in [5.74, 6) is 0.0185. The molecule has 2 rings (SSSR count). The van der Waals surface area contributed by atoms with Gasteiger partial charge in [0.1, 0.15) is 0 Å². The molecule has 0 saturated heterocycles. The predicted octanol–water partition coefficient (Wildman–Crippen LogP) is 1.16. The highest BCUT2D eigenvalue weighted by atomic mass is 16.2. The van der Waals surface area contributed by atoms with Gasteiger partial charge in [0, 0.05) is 24.3 Å². The average Bonchev–Trinajstić information content (AvgIpc) is 2.89. The van der Waals surface area contributed by atoms with Gasteiger partial charge < -0.3 is 16.0 Å². The van der Waals surface area contributed by atoms with Crippen LogP contribution in [0.4, 0.5) is 5.69 Å². The quantitative estimate of drug-likeness (QED) is 0.755. The summed E-state index contributed by atoms with van der Waals surface area (Å²) < 4.78 is 0. The van der Waals surface area contributed by atoms with Gasteiger partial charge in [0.15, 0.2) is 0 Å². The van der Waals surface area contributed by atoms with E-state index in [1.165, 1.54) is 5.56 Å². The lowest BCUT2D eigenvalue weighted by Crippen LogP contribution is -2.38. The molecule has 0 unspecified atom stereocenters. The Hall–Kier alpha value is -2.04. The zero-order valence-corrected chi connectivity index (χ0v) is 12.0. The number of hydrogen-bond donors (Lipinski definition) is 3. The molecule has 2 amide bonds. The van der Waals surface area contributed by atoms with Gasteiger partial charge in [0.25, 0.3) is 5.91 Å². The molecule has 20 heavy (non-hydrogen) atoms. The molecule has 0 bridgehead atoms. The highest BCUT2D eigenvalue weighted by Crippen LogP contribution is 2.22. The summed E-state index contributed by atoms with van der Waals surface area (Å²) in [6.45, 7) is 5.60. The van der Waals surface area contributed by atoms with Gasteiger partial charge in [-0.25, -0.2) is 0 Å². The van der Waals surface area contributed by atoms with Crippen LogP contribution in [0.3, 0.4) is 0 Å². The summed E-state index contributed by atoms with van der Waals surface area (Å²) in [6, 6.07) is 5.60. The Morgan fingerprint density at radius 3 is 2.85 bits per heavy atom. The highest BCUT2D eigenvalue weighted by molar-refractivity contribution is 5.97. The smallest absolute Gasteiger partial charge is 0.251 e. The number of fused-ring (bicyclic) bond motifs is 1. The van der Waals surface area contributed by atoms with E-state index in [0.29, 0.717) is 18.0 Å². The van der Waals surface area contributed by atoms with Crippen molar-refractivity contribution in [1.29, 1.82) is 0 Å². The first kappa shape index (κ1) is 14.4. The minimum atomic E-state index is -0.221. The number of carbonyl (C=O) groups is 2. The summed E-state index contributed by atoms with van der Waals surface area (Å²) in [5.41, 5.74) is 2.83. The van der Waals surface area contributed by atoms with E-state index in [-0.39, 0.29) is 18.4 Å². The maximum absolute atomic E-state index is 12.0. The van der Waals surface area contributed by atoms with E-state index in [1.54, 1.807) is 6.07 Å². The molecule has 0 fully saturated rings. The molecule has 0 aromatic heterocycles. The molecule has 5 nitrogen and oxygen atoms in total. The SMILES string of the molecule is CC(C)CNC(=O)CNC(=O)c1ccc2c(c1)NCC2. The van der Waals surface area contributed by atoms with E-state index < -0.39 is 0 Å². The second-order valence-electron chi connectivity index (χ2n) is 5.43. The molecule has 0 radical (unpaired) electrons. The molecule has 1 aromatic carbocycles. The number of anilines is 1. The van der Waals surface area contributed by atoms with Crippen LogP contribution in [0.2, 0.25) is 0 Å². The maximum Gasteiger partial charge on any atom is 0.251 e. The zero-order chi connectivity index (χ0) is 14.5. The molecular weight excluding hydrogens is 254 g/mol. The number of amides is 2. The van der Waals surface area contributed by atoms with E-state index in [9.17, 15) is 9.59 Å². The van der Waals surface area contributed by atoms with Gasteiger partial charge >= 0.3 is 0 Å². The van der Waals surface area contributed by atoms with Crippen LogP contribution in [0, 0.1) is 5.92 Å². The lowest BCUT2D eigenvalue weighted by molar-refractivity contribution is -0.120. The van der Waals surface area contributed by atoms with Crippen molar-refractivity contribution in [2.24, 2.45) is 5.92 Å². The van der Waals surface area contributed by atoms with Crippen molar-refractivity contribution in [2.75, 3.05) is 25.0 Å². The molecule has 0 saturated carbocycles. The molecule has 1 aromatic rings. The van der Waals surface area contributed by atoms with Crippen LogP contribution in [0.25, 0.3) is 0 Å². The van der Waals surface area contributed by atoms with Crippen LogP contribution in [0.1, 0.15) is 29.8 Å². The number of benzene rings is 1. The van der Waals surface area contributed by atoms with E-state index in [0.717, 1.165) is 18.7 Å². The van der Waals surface area contributed by atoms with Gasteiger partial charge in [-0.3, -0.25) is 9.59 Å². The molecular formula is C15H21N3O2. The van der Waals surface area contributed by atoms with Crippen molar-refractivity contribution in [3.05, 3.63) is 29.3 Å². The second-order valence-corrected chi connectivity index (χ2v) is 5.43. The van der Waals surface area contributed by atoms with Crippen molar-refractivity contribution < 1.29 is 9.59 Å². The number of carbonyl (C=O) groups excluding carboxylic acids is 2. The Labute approximate surface area is 119 Å². The fraction of sp³-hybridized carbons (Fsp3) is 0.467. The van der Waals surface area contributed by atoms with Crippen LogP contribution < -0.4 is 16.0 Å². The van der Waals surface area contributed by atoms with Gasteiger partial charge in [-0.15, -0.1) is 0 Å². The van der Waals surface area contributed by atoms with Crippen molar-refractivity contribution in [1.82, 2.24) is 10.6 Å². The minimum Gasteiger partial charge on any atom is -0.384 e. The van der Waals surface area contributed by atoms with Crippen LogP contribution in [-0.2, 0) is 11.2 Å². The van der Waals surface area contributed by atoms with Gasteiger partial charge in [-0.1, -0.05) is 19.9 Å². The van der Waals surface area contributed by atoms with Gasteiger partial charge in [-0.2, -0.15) is 0 Å². The standard InChI is InChI=1S/C15H21N3O2/c1-10(2)8-17-14(19)9-18-15(20)12-4-3-11-5-6-16-13(11)7-12/h3-4,7,10,16H,5-6,8-9H2,1-2H3,(H,17,19)(H,18,20). The summed E-state index contributed by atoms with van der Waals surface area (Å²) >= 11 is 0. The van der Waals surface area contributed by atoms with Crippen molar-refractivity contribution in [3.63, 3.8) is 0 Å². The van der Waals surface area contributed by atoms with Gasteiger partial charge in [0.05, 0.1) is 6.54 Å².